The molecule has 1 aliphatic carbocycles. The highest BCUT2D eigenvalue weighted by atomic mass is 32.1. The van der Waals surface area contributed by atoms with Crippen LogP contribution in [0.2, 0.25) is 0 Å². The molecule has 2 fully saturated rings. The summed E-state index contributed by atoms with van der Waals surface area (Å²) in [5, 5.41) is 8.25. The number of nitrogens with zero attached hydrogens (tertiary/aromatic N) is 5. The van der Waals surface area contributed by atoms with Crippen LogP contribution < -0.4 is 10.2 Å². The van der Waals surface area contributed by atoms with E-state index in [-0.39, 0.29) is 11.9 Å². The zero-order valence-corrected chi connectivity index (χ0v) is 13.9. The van der Waals surface area contributed by atoms with E-state index in [0.717, 1.165) is 36.9 Å². The Bertz CT molecular complexity index is 698. The highest BCUT2D eigenvalue weighted by Gasteiger charge is 2.29. The molecule has 0 bridgehead atoms. The van der Waals surface area contributed by atoms with Gasteiger partial charge in [-0.1, -0.05) is 0 Å². The van der Waals surface area contributed by atoms with Crippen LogP contribution in [0.15, 0.2) is 12.3 Å². The molecule has 0 aromatic carbocycles. The molecule has 0 spiro atoms. The number of rotatable bonds is 4. The standard InChI is InChI=1S/C15H20N6OS/c1-20-7-6-12(18-20)14(22)16-11-4-8-21(9-5-11)15-17-13(19-23-15)10-2-3-10/h6-7,10-11H,2-5,8-9H2,1H3,(H,16,22). The van der Waals surface area contributed by atoms with Crippen LogP contribution >= 0.6 is 11.5 Å². The number of piperidine rings is 1. The van der Waals surface area contributed by atoms with E-state index in [1.165, 1.54) is 24.4 Å². The van der Waals surface area contributed by atoms with Crippen LogP contribution in [0.4, 0.5) is 5.13 Å². The van der Waals surface area contributed by atoms with E-state index < -0.39 is 0 Å². The van der Waals surface area contributed by atoms with Gasteiger partial charge in [-0.3, -0.25) is 9.48 Å². The molecule has 3 heterocycles. The minimum absolute atomic E-state index is 0.0871. The van der Waals surface area contributed by atoms with Crippen molar-refractivity contribution in [3.8, 4) is 0 Å². The molecule has 0 atom stereocenters. The number of aromatic nitrogens is 4. The van der Waals surface area contributed by atoms with E-state index in [0.29, 0.717) is 11.6 Å². The third-order valence-electron chi connectivity index (χ3n) is 4.42. The summed E-state index contributed by atoms with van der Waals surface area (Å²) in [6.07, 6.45) is 6.11. The van der Waals surface area contributed by atoms with Crippen LogP contribution in [0.5, 0.6) is 0 Å². The van der Waals surface area contributed by atoms with Gasteiger partial charge in [0, 0.05) is 49.8 Å². The van der Waals surface area contributed by atoms with Gasteiger partial charge in [0.05, 0.1) is 0 Å². The minimum Gasteiger partial charge on any atom is -0.348 e. The maximum atomic E-state index is 12.1. The Labute approximate surface area is 138 Å². The molecule has 1 saturated carbocycles. The SMILES string of the molecule is Cn1ccc(C(=O)NC2CCN(c3nc(C4CC4)ns3)CC2)n1. The molecule has 0 unspecified atom stereocenters. The minimum atomic E-state index is -0.0871. The van der Waals surface area contributed by atoms with Gasteiger partial charge in [0.15, 0.2) is 0 Å². The lowest BCUT2D eigenvalue weighted by Crippen LogP contribution is -2.44. The number of hydrogen-bond acceptors (Lipinski definition) is 6. The molecular weight excluding hydrogens is 312 g/mol. The maximum absolute atomic E-state index is 12.1. The lowest BCUT2D eigenvalue weighted by atomic mass is 10.1. The summed E-state index contributed by atoms with van der Waals surface area (Å²) < 4.78 is 6.11. The van der Waals surface area contributed by atoms with Gasteiger partial charge in [-0.15, -0.1) is 0 Å². The summed E-state index contributed by atoms with van der Waals surface area (Å²) in [5.74, 6) is 1.54. The van der Waals surface area contributed by atoms with E-state index in [2.05, 4.69) is 24.7 Å². The lowest BCUT2D eigenvalue weighted by molar-refractivity contribution is 0.0925. The fourth-order valence-electron chi connectivity index (χ4n) is 2.87. The number of carbonyl (C=O) groups excluding carboxylic acids is 1. The Kier molecular flexibility index (Phi) is 3.76. The van der Waals surface area contributed by atoms with Gasteiger partial charge in [0.25, 0.3) is 5.91 Å². The second kappa shape index (κ2) is 5.92. The highest BCUT2D eigenvalue weighted by molar-refractivity contribution is 7.09. The average molecular weight is 332 g/mol. The summed E-state index contributed by atoms with van der Waals surface area (Å²) in [4.78, 5) is 19.1. The van der Waals surface area contributed by atoms with Crippen LogP contribution in [0.25, 0.3) is 0 Å². The molecule has 2 aromatic rings. The topological polar surface area (TPSA) is 75.9 Å². The molecule has 23 heavy (non-hydrogen) atoms. The van der Waals surface area contributed by atoms with E-state index in [4.69, 9.17) is 0 Å². The van der Waals surface area contributed by atoms with E-state index >= 15 is 0 Å². The average Bonchev–Trinajstić information content (AvgIpc) is 3.12. The molecule has 2 aromatic heterocycles. The molecule has 122 valence electrons. The van der Waals surface area contributed by atoms with Crippen molar-refractivity contribution in [2.75, 3.05) is 18.0 Å². The number of nitrogens with one attached hydrogen (secondary N) is 1. The summed E-state index contributed by atoms with van der Waals surface area (Å²) in [7, 11) is 1.81. The monoisotopic (exact) mass is 332 g/mol. The number of amides is 1. The summed E-state index contributed by atoms with van der Waals surface area (Å²) in [6.45, 7) is 1.82. The van der Waals surface area contributed by atoms with Gasteiger partial charge in [-0.25, -0.2) is 4.98 Å². The van der Waals surface area contributed by atoms with Gasteiger partial charge in [-0.2, -0.15) is 9.47 Å². The fraction of sp³-hybridized carbons (Fsp3) is 0.600. The van der Waals surface area contributed by atoms with Crippen molar-refractivity contribution in [3.05, 3.63) is 23.8 Å². The zero-order valence-electron chi connectivity index (χ0n) is 13.1. The second-order valence-electron chi connectivity index (χ2n) is 6.32. The number of hydrogen-bond donors (Lipinski definition) is 1. The van der Waals surface area contributed by atoms with Crippen molar-refractivity contribution >= 4 is 22.6 Å². The molecule has 1 aliphatic heterocycles. The Balaban J connectivity index is 1.30. The first-order valence-electron chi connectivity index (χ1n) is 8.08. The predicted octanol–water partition coefficient (Wildman–Crippen LogP) is 1.55. The van der Waals surface area contributed by atoms with Crippen LogP contribution in [-0.2, 0) is 7.05 Å². The Hall–Kier alpha value is -1.96. The van der Waals surface area contributed by atoms with Gasteiger partial charge in [-0.05, 0) is 31.7 Å². The molecule has 4 rings (SSSR count). The Morgan fingerprint density at radius 3 is 2.74 bits per heavy atom. The second-order valence-corrected chi connectivity index (χ2v) is 7.05. The number of carbonyl (C=O) groups is 1. The summed E-state index contributed by atoms with van der Waals surface area (Å²) >= 11 is 1.50. The molecular formula is C15H20N6OS. The largest absolute Gasteiger partial charge is 0.348 e. The van der Waals surface area contributed by atoms with Crippen molar-refractivity contribution in [3.63, 3.8) is 0 Å². The van der Waals surface area contributed by atoms with Gasteiger partial charge >= 0.3 is 0 Å². The molecule has 1 amide bonds. The smallest absolute Gasteiger partial charge is 0.271 e. The highest BCUT2D eigenvalue weighted by Crippen LogP contribution is 2.39. The lowest BCUT2D eigenvalue weighted by Gasteiger charge is -2.31. The van der Waals surface area contributed by atoms with Crippen LogP contribution in [0.1, 0.15) is 47.9 Å². The zero-order chi connectivity index (χ0) is 15.8. The quantitative estimate of drug-likeness (QED) is 0.919. The van der Waals surface area contributed by atoms with Crippen molar-refractivity contribution in [1.29, 1.82) is 0 Å². The van der Waals surface area contributed by atoms with Crippen LogP contribution in [0, 0.1) is 0 Å². The molecule has 8 heteroatoms. The summed E-state index contributed by atoms with van der Waals surface area (Å²) in [6, 6.07) is 1.95. The van der Waals surface area contributed by atoms with Crippen LogP contribution in [-0.4, -0.2) is 44.2 Å². The third kappa shape index (κ3) is 3.21. The first kappa shape index (κ1) is 14.6. The molecule has 1 saturated heterocycles. The van der Waals surface area contributed by atoms with Gasteiger partial charge in [0.2, 0.25) is 5.13 Å². The number of aryl methyl sites for hydroxylation is 1. The maximum Gasteiger partial charge on any atom is 0.271 e. The summed E-state index contributed by atoms with van der Waals surface area (Å²) in [5.41, 5.74) is 0.480. The van der Waals surface area contributed by atoms with E-state index in [1.54, 1.807) is 16.9 Å². The van der Waals surface area contributed by atoms with Crippen molar-refractivity contribution in [2.45, 2.75) is 37.6 Å². The van der Waals surface area contributed by atoms with Gasteiger partial charge < -0.3 is 10.2 Å². The third-order valence-corrected chi connectivity index (χ3v) is 5.21. The van der Waals surface area contributed by atoms with Crippen LogP contribution in [0.3, 0.4) is 0 Å². The van der Waals surface area contributed by atoms with E-state index in [1.807, 2.05) is 7.05 Å². The number of anilines is 1. The normalized spacial score (nSPS) is 19.1. The van der Waals surface area contributed by atoms with E-state index in [9.17, 15) is 4.79 Å². The Morgan fingerprint density at radius 2 is 2.09 bits per heavy atom. The first-order chi connectivity index (χ1) is 11.2. The molecule has 1 N–H and O–H groups in total. The van der Waals surface area contributed by atoms with Crippen molar-refractivity contribution in [1.82, 2.24) is 24.5 Å². The van der Waals surface area contributed by atoms with Crippen molar-refractivity contribution < 1.29 is 4.79 Å². The van der Waals surface area contributed by atoms with Crippen molar-refractivity contribution in [2.24, 2.45) is 7.05 Å². The predicted molar refractivity (Wildman–Crippen MR) is 87.8 cm³/mol. The first-order valence-corrected chi connectivity index (χ1v) is 8.85. The molecule has 0 radical (unpaired) electrons. The Morgan fingerprint density at radius 1 is 1.30 bits per heavy atom. The fourth-order valence-corrected chi connectivity index (χ4v) is 3.67. The molecule has 2 aliphatic rings. The van der Waals surface area contributed by atoms with Gasteiger partial charge in [0.1, 0.15) is 11.5 Å². The molecule has 7 nitrogen and oxygen atoms in total.